The summed E-state index contributed by atoms with van der Waals surface area (Å²) in [6.07, 6.45) is 2.55. The lowest BCUT2D eigenvalue weighted by atomic mass is 10.0. The Morgan fingerprint density at radius 1 is 0.929 bits per heavy atom. The van der Waals surface area contributed by atoms with Crippen LogP contribution in [0.3, 0.4) is 0 Å². The van der Waals surface area contributed by atoms with Crippen molar-refractivity contribution in [3.05, 3.63) is 77.9 Å². The summed E-state index contributed by atoms with van der Waals surface area (Å²) in [6, 6.07) is 21.3. The standard InChI is InChI=1S/C21H22N4O2S/c26-28(27,16-14-17-7-2-1-3-8-17)24-20-12-13-21(23-22-20)25-15-6-10-18-9-4-5-11-19(18)25/h1-5,7-9,11-13H,6,10,14-16H2,(H,22,24). The molecular weight excluding hydrogens is 372 g/mol. The molecule has 0 unspecified atom stereocenters. The van der Waals surface area contributed by atoms with Crippen molar-refractivity contribution in [2.45, 2.75) is 19.3 Å². The van der Waals surface area contributed by atoms with Crippen molar-refractivity contribution in [3.63, 3.8) is 0 Å². The minimum absolute atomic E-state index is 0.0000545. The quantitative estimate of drug-likeness (QED) is 0.692. The Balaban J connectivity index is 1.44. The molecule has 6 nitrogen and oxygen atoms in total. The molecule has 0 saturated carbocycles. The summed E-state index contributed by atoms with van der Waals surface area (Å²) in [4.78, 5) is 2.12. The highest BCUT2D eigenvalue weighted by atomic mass is 32.2. The maximum Gasteiger partial charge on any atom is 0.234 e. The summed E-state index contributed by atoms with van der Waals surface area (Å²) in [7, 11) is -3.49. The highest BCUT2D eigenvalue weighted by Crippen LogP contribution is 2.32. The fourth-order valence-electron chi connectivity index (χ4n) is 3.40. The second-order valence-corrected chi connectivity index (χ2v) is 8.66. The van der Waals surface area contributed by atoms with Gasteiger partial charge in [-0.1, -0.05) is 48.5 Å². The summed E-state index contributed by atoms with van der Waals surface area (Å²) in [5, 5.41) is 8.34. The molecule has 0 saturated heterocycles. The van der Waals surface area contributed by atoms with Gasteiger partial charge in [-0.2, -0.15) is 0 Å². The third kappa shape index (κ3) is 4.31. The number of fused-ring (bicyclic) bond motifs is 1. The van der Waals surface area contributed by atoms with Crippen LogP contribution >= 0.6 is 0 Å². The van der Waals surface area contributed by atoms with Gasteiger partial charge in [-0.3, -0.25) is 4.72 Å². The number of rotatable bonds is 6. The first kappa shape index (κ1) is 18.4. The number of benzene rings is 2. The van der Waals surface area contributed by atoms with E-state index >= 15 is 0 Å². The van der Waals surface area contributed by atoms with Crippen LogP contribution < -0.4 is 9.62 Å². The van der Waals surface area contributed by atoms with Crippen molar-refractivity contribution in [1.82, 2.24) is 10.2 Å². The maximum absolute atomic E-state index is 12.3. The normalized spacial score (nSPS) is 13.8. The Morgan fingerprint density at radius 3 is 2.50 bits per heavy atom. The van der Waals surface area contributed by atoms with E-state index in [9.17, 15) is 8.42 Å². The largest absolute Gasteiger partial charge is 0.325 e. The smallest absolute Gasteiger partial charge is 0.234 e. The summed E-state index contributed by atoms with van der Waals surface area (Å²) < 4.78 is 27.2. The van der Waals surface area contributed by atoms with Gasteiger partial charge in [-0.15, -0.1) is 10.2 Å². The van der Waals surface area contributed by atoms with Crippen LogP contribution in [0.5, 0.6) is 0 Å². The van der Waals surface area contributed by atoms with Crippen molar-refractivity contribution < 1.29 is 8.42 Å². The van der Waals surface area contributed by atoms with E-state index in [4.69, 9.17) is 0 Å². The summed E-state index contributed by atoms with van der Waals surface area (Å²) in [5.41, 5.74) is 3.42. The fourth-order valence-corrected chi connectivity index (χ4v) is 4.44. The fraction of sp³-hybridized carbons (Fsp3) is 0.238. The SMILES string of the molecule is O=S(=O)(CCc1ccccc1)Nc1ccc(N2CCCc3ccccc32)nn1. The van der Waals surface area contributed by atoms with E-state index in [1.807, 2.05) is 48.5 Å². The summed E-state index contributed by atoms with van der Waals surface area (Å²) >= 11 is 0. The average Bonchev–Trinajstić information content (AvgIpc) is 2.73. The molecule has 0 fully saturated rings. The molecule has 0 radical (unpaired) electrons. The van der Waals surface area contributed by atoms with Crippen LogP contribution in [-0.4, -0.2) is 30.9 Å². The maximum atomic E-state index is 12.3. The van der Waals surface area contributed by atoms with Crippen LogP contribution in [0.4, 0.5) is 17.3 Å². The molecule has 7 heteroatoms. The Morgan fingerprint density at radius 2 is 1.71 bits per heavy atom. The van der Waals surface area contributed by atoms with Gasteiger partial charge in [-0.25, -0.2) is 8.42 Å². The number of aryl methyl sites for hydroxylation is 2. The van der Waals surface area contributed by atoms with E-state index in [-0.39, 0.29) is 11.6 Å². The van der Waals surface area contributed by atoms with Gasteiger partial charge in [0.05, 0.1) is 5.75 Å². The van der Waals surface area contributed by atoms with Gasteiger partial charge in [0.2, 0.25) is 10.0 Å². The van der Waals surface area contributed by atoms with Gasteiger partial charge in [0.1, 0.15) is 0 Å². The first-order valence-corrected chi connectivity index (χ1v) is 11.0. The predicted molar refractivity (Wildman–Crippen MR) is 111 cm³/mol. The van der Waals surface area contributed by atoms with Crippen molar-refractivity contribution in [2.24, 2.45) is 0 Å². The summed E-state index contributed by atoms with van der Waals surface area (Å²) in [5.74, 6) is 0.960. The lowest BCUT2D eigenvalue weighted by molar-refractivity contribution is 0.600. The van der Waals surface area contributed by atoms with Crippen molar-refractivity contribution in [3.8, 4) is 0 Å². The first-order valence-electron chi connectivity index (χ1n) is 9.34. The van der Waals surface area contributed by atoms with Gasteiger partial charge in [0.15, 0.2) is 11.6 Å². The van der Waals surface area contributed by atoms with Gasteiger partial charge in [0.25, 0.3) is 0 Å². The number of hydrogen-bond acceptors (Lipinski definition) is 5. The molecule has 1 aliphatic rings. The zero-order valence-electron chi connectivity index (χ0n) is 15.5. The number of sulfonamides is 1. The van der Waals surface area contributed by atoms with Gasteiger partial charge < -0.3 is 4.90 Å². The molecule has 0 atom stereocenters. The lowest BCUT2D eigenvalue weighted by Crippen LogP contribution is -2.25. The number of anilines is 3. The van der Waals surface area contributed by atoms with Crippen LogP contribution in [0.15, 0.2) is 66.7 Å². The molecule has 0 bridgehead atoms. The minimum atomic E-state index is -3.49. The van der Waals surface area contributed by atoms with Crippen LogP contribution in [0.25, 0.3) is 0 Å². The number of aromatic nitrogens is 2. The zero-order chi connectivity index (χ0) is 19.4. The van der Waals surface area contributed by atoms with Crippen LogP contribution in [0.1, 0.15) is 17.5 Å². The van der Waals surface area contributed by atoms with E-state index < -0.39 is 10.0 Å². The monoisotopic (exact) mass is 394 g/mol. The zero-order valence-corrected chi connectivity index (χ0v) is 16.3. The van der Waals surface area contributed by atoms with E-state index in [2.05, 4.69) is 32.0 Å². The van der Waals surface area contributed by atoms with Crippen LogP contribution in [0, 0.1) is 0 Å². The molecule has 2 heterocycles. The van der Waals surface area contributed by atoms with E-state index in [0.717, 1.165) is 36.5 Å². The van der Waals surface area contributed by atoms with Gasteiger partial charge in [0, 0.05) is 12.2 Å². The molecule has 1 aliphatic heterocycles. The Bertz CT molecular complexity index is 1040. The highest BCUT2D eigenvalue weighted by Gasteiger charge is 2.19. The lowest BCUT2D eigenvalue weighted by Gasteiger charge is -2.29. The van der Waals surface area contributed by atoms with Crippen molar-refractivity contribution in [1.29, 1.82) is 0 Å². The third-order valence-electron chi connectivity index (χ3n) is 4.80. The number of nitrogens with zero attached hydrogens (tertiary/aromatic N) is 3. The molecule has 2 aromatic carbocycles. The molecule has 1 N–H and O–H groups in total. The molecule has 0 spiro atoms. The van der Waals surface area contributed by atoms with Gasteiger partial charge >= 0.3 is 0 Å². The molecule has 4 rings (SSSR count). The Hall–Kier alpha value is -2.93. The molecule has 3 aromatic rings. The first-order chi connectivity index (χ1) is 13.6. The average molecular weight is 395 g/mol. The van der Waals surface area contributed by atoms with E-state index in [1.165, 1.54) is 5.56 Å². The Kier molecular flexibility index (Phi) is 5.25. The summed E-state index contributed by atoms with van der Waals surface area (Å²) in [6.45, 7) is 0.869. The van der Waals surface area contributed by atoms with Crippen LogP contribution in [0.2, 0.25) is 0 Å². The molecule has 144 valence electrons. The molecule has 28 heavy (non-hydrogen) atoms. The number of para-hydroxylation sites is 1. The number of hydrogen-bond donors (Lipinski definition) is 1. The molecule has 0 amide bonds. The minimum Gasteiger partial charge on any atom is -0.325 e. The van der Waals surface area contributed by atoms with E-state index in [0.29, 0.717) is 6.42 Å². The van der Waals surface area contributed by atoms with Crippen molar-refractivity contribution >= 4 is 27.3 Å². The topological polar surface area (TPSA) is 75.2 Å². The van der Waals surface area contributed by atoms with E-state index in [1.54, 1.807) is 6.07 Å². The predicted octanol–water partition coefficient (Wildman–Crippen LogP) is 3.55. The highest BCUT2D eigenvalue weighted by molar-refractivity contribution is 7.92. The number of nitrogens with one attached hydrogen (secondary N) is 1. The second kappa shape index (κ2) is 7.98. The van der Waals surface area contributed by atoms with Crippen molar-refractivity contribution in [2.75, 3.05) is 21.9 Å². The second-order valence-electron chi connectivity index (χ2n) is 6.82. The molecular formula is C21H22N4O2S. The molecule has 1 aromatic heterocycles. The van der Waals surface area contributed by atoms with Gasteiger partial charge in [-0.05, 0) is 48.6 Å². The molecule has 0 aliphatic carbocycles. The Labute approximate surface area is 165 Å². The third-order valence-corrected chi connectivity index (χ3v) is 6.06. The van der Waals surface area contributed by atoms with Crippen LogP contribution in [-0.2, 0) is 22.9 Å².